The summed E-state index contributed by atoms with van der Waals surface area (Å²) >= 11 is 1.48. The van der Waals surface area contributed by atoms with Crippen molar-refractivity contribution in [2.45, 2.75) is 17.1 Å². The van der Waals surface area contributed by atoms with Crippen LogP contribution in [0.2, 0.25) is 0 Å². The molecule has 0 aliphatic heterocycles. The first-order valence-corrected chi connectivity index (χ1v) is 6.38. The van der Waals surface area contributed by atoms with Gasteiger partial charge in [0.2, 0.25) is 0 Å². The number of pyridine rings is 1. The Balaban J connectivity index is 1.95. The van der Waals surface area contributed by atoms with Crippen LogP contribution in [0.5, 0.6) is 0 Å². The van der Waals surface area contributed by atoms with Crippen LogP contribution in [0, 0.1) is 6.92 Å². The van der Waals surface area contributed by atoms with E-state index in [9.17, 15) is 0 Å². The third-order valence-electron chi connectivity index (χ3n) is 2.58. The summed E-state index contributed by atoms with van der Waals surface area (Å²) in [6.07, 6.45) is 1.70. The van der Waals surface area contributed by atoms with Crippen molar-refractivity contribution in [3.05, 3.63) is 42.1 Å². The number of aromatic amines is 1. The molecular weight excluding hydrogens is 244 g/mol. The van der Waals surface area contributed by atoms with Gasteiger partial charge in [0.1, 0.15) is 5.03 Å². The molecule has 90 valence electrons. The minimum absolute atomic E-state index is 0.708. The standard InChI is InChI=1S/C13H12N4S/c1-8-2-3-10-11(6-8)17-13(16-10)18-12-7-9(14)4-5-15-12/h2-7H,1H3,(H2,14,15)(H,16,17). The molecule has 1 aromatic carbocycles. The molecule has 0 bridgehead atoms. The largest absolute Gasteiger partial charge is 0.399 e. The highest BCUT2D eigenvalue weighted by molar-refractivity contribution is 7.99. The summed E-state index contributed by atoms with van der Waals surface area (Å²) in [4.78, 5) is 12.0. The highest BCUT2D eigenvalue weighted by Gasteiger charge is 2.05. The van der Waals surface area contributed by atoms with E-state index in [1.807, 2.05) is 12.1 Å². The van der Waals surface area contributed by atoms with E-state index in [-0.39, 0.29) is 0 Å². The number of H-pyrrole nitrogens is 1. The molecule has 4 nitrogen and oxygen atoms in total. The van der Waals surface area contributed by atoms with Gasteiger partial charge in [-0.3, -0.25) is 0 Å². The van der Waals surface area contributed by atoms with Gasteiger partial charge in [0.05, 0.1) is 11.0 Å². The first-order chi connectivity index (χ1) is 8.70. The Morgan fingerprint density at radius 1 is 1.22 bits per heavy atom. The molecule has 0 radical (unpaired) electrons. The lowest BCUT2D eigenvalue weighted by Crippen LogP contribution is -1.87. The Morgan fingerprint density at radius 3 is 2.94 bits per heavy atom. The number of aryl methyl sites for hydroxylation is 1. The van der Waals surface area contributed by atoms with Crippen LogP contribution in [0.1, 0.15) is 5.56 Å². The monoisotopic (exact) mass is 256 g/mol. The Hall–Kier alpha value is -2.01. The van der Waals surface area contributed by atoms with E-state index in [1.165, 1.54) is 17.3 Å². The number of benzene rings is 1. The average molecular weight is 256 g/mol. The predicted octanol–water partition coefficient (Wildman–Crippen LogP) is 3.00. The number of aromatic nitrogens is 3. The number of fused-ring (bicyclic) bond motifs is 1. The van der Waals surface area contributed by atoms with Crippen molar-refractivity contribution in [3.8, 4) is 0 Å². The van der Waals surface area contributed by atoms with E-state index in [4.69, 9.17) is 5.73 Å². The number of imidazole rings is 1. The quantitative estimate of drug-likeness (QED) is 0.739. The summed E-state index contributed by atoms with van der Waals surface area (Å²) in [6.45, 7) is 2.06. The molecule has 2 heterocycles. The zero-order valence-corrected chi connectivity index (χ0v) is 10.7. The minimum Gasteiger partial charge on any atom is -0.399 e. The minimum atomic E-state index is 0.708. The van der Waals surface area contributed by atoms with Crippen LogP contribution in [-0.2, 0) is 0 Å². The van der Waals surface area contributed by atoms with E-state index >= 15 is 0 Å². The molecule has 3 N–H and O–H groups in total. The van der Waals surface area contributed by atoms with E-state index < -0.39 is 0 Å². The van der Waals surface area contributed by atoms with E-state index in [2.05, 4.69) is 34.0 Å². The Labute approximate surface area is 109 Å². The maximum absolute atomic E-state index is 5.72. The number of hydrogen-bond donors (Lipinski definition) is 2. The van der Waals surface area contributed by atoms with Crippen LogP contribution in [0.25, 0.3) is 11.0 Å². The zero-order valence-electron chi connectivity index (χ0n) is 9.84. The molecule has 3 aromatic rings. The fourth-order valence-corrected chi connectivity index (χ4v) is 2.54. The highest BCUT2D eigenvalue weighted by atomic mass is 32.2. The molecule has 0 aliphatic rings. The van der Waals surface area contributed by atoms with Gasteiger partial charge in [-0.25, -0.2) is 9.97 Å². The molecule has 0 atom stereocenters. The highest BCUT2D eigenvalue weighted by Crippen LogP contribution is 2.26. The molecule has 0 unspecified atom stereocenters. The first-order valence-electron chi connectivity index (χ1n) is 5.56. The average Bonchev–Trinajstić information content (AvgIpc) is 2.70. The molecule has 0 saturated carbocycles. The number of nitrogens with two attached hydrogens (primary N) is 1. The maximum atomic E-state index is 5.72. The molecule has 18 heavy (non-hydrogen) atoms. The lowest BCUT2D eigenvalue weighted by atomic mass is 10.2. The second kappa shape index (κ2) is 4.34. The SMILES string of the molecule is Cc1ccc2nc(Sc3cc(N)ccn3)[nH]c2c1. The fraction of sp³-hybridized carbons (Fsp3) is 0.0769. The maximum Gasteiger partial charge on any atom is 0.172 e. The number of anilines is 1. The molecule has 0 spiro atoms. The smallest absolute Gasteiger partial charge is 0.172 e. The van der Waals surface area contributed by atoms with Crippen molar-refractivity contribution < 1.29 is 0 Å². The van der Waals surface area contributed by atoms with Crippen LogP contribution < -0.4 is 5.73 Å². The van der Waals surface area contributed by atoms with Crippen molar-refractivity contribution in [1.29, 1.82) is 0 Å². The molecule has 0 amide bonds. The number of rotatable bonds is 2. The summed E-state index contributed by atoms with van der Waals surface area (Å²) < 4.78 is 0. The van der Waals surface area contributed by atoms with Crippen molar-refractivity contribution >= 4 is 28.5 Å². The lowest BCUT2D eigenvalue weighted by molar-refractivity contribution is 1.06. The third kappa shape index (κ3) is 2.17. The lowest BCUT2D eigenvalue weighted by Gasteiger charge is -1.97. The van der Waals surface area contributed by atoms with Gasteiger partial charge >= 0.3 is 0 Å². The summed E-state index contributed by atoms with van der Waals surface area (Å²) in [6, 6.07) is 9.75. The van der Waals surface area contributed by atoms with Crippen LogP contribution in [0.4, 0.5) is 5.69 Å². The van der Waals surface area contributed by atoms with E-state index in [0.29, 0.717) is 5.69 Å². The molecular formula is C13H12N4S. The van der Waals surface area contributed by atoms with E-state index in [1.54, 1.807) is 12.3 Å². The molecule has 0 aliphatic carbocycles. The van der Waals surface area contributed by atoms with Gasteiger partial charge in [0, 0.05) is 11.9 Å². The second-order valence-electron chi connectivity index (χ2n) is 4.09. The van der Waals surface area contributed by atoms with Gasteiger partial charge in [-0.15, -0.1) is 0 Å². The van der Waals surface area contributed by atoms with Crippen LogP contribution in [0.15, 0.2) is 46.7 Å². The van der Waals surface area contributed by atoms with Crippen molar-refractivity contribution in [2.24, 2.45) is 0 Å². The van der Waals surface area contributed by atoms with Crippen molar-refractivity contribution in [3.63, 3.8) is 0 Å². The normalized spacial score (nSPS) is 10.9. The van der Waals surface area contributed by atoms with Gasteiger partial charge in [-0.05, 0) is 48.5 Å². The number of nitrogens with zero attached hydrogens (tertiary/aromatic N) is 2. The Kier molecular flexibility index (Phi) is 2.68. The molecule has 0 fully saturated rings. The van der Waals surface area contributed by atoms with Crippen molar-refractivity contribution in [2.75, 3.05) is 5.73 Å². The summed E-state index contributed by atoms with van der Waals surface area (Å²) in [5.41, 5.74) is 9.65. The third-order valence-corrected chi connectivity index (χ3v) is 3.39. The van der Waals surface area contributed by atoms with Crippen LogP contribution in [0.3, 0.4) is 0 Å². The van der Waals surface area contributed by atoms with Crippen molar-refractivity contribution in [1.82, 2.24) is 15.0 Å². The second-order valence-corrected chi connectivity index (χ2v) is 5.10. The van der Waals surface area contributed by atoms with Gasteiger partial charge in [0.15, 0.2) is 5.16 Å². The molecule has 2 aromatic heterocycles. The van der Waals surface area contributed by atoms with Gasteiger partial charge < -0.3 is 10.7 Å². The predicted molar refractivity (Wildman–Crippen MR) is 73.6 cm³/mol. The first kappa shape index (κ1) is 11.1. The van der Waals surface area contributed by atoms with Gasteiger partial charge in [-0.1, -0.05) is 6.07 Å². The Morgan fingerprint density at radius 2 is 2.11 bits per heavy atom. The molecule has 5 heteroatoms. The molecule has 0 saturated heterocycles. The van der Waals surface area contributed by atoms with E-state index in [0.717, 1.165) is 21.2 Å². The summed E-state index contributed by atoms with van der Waals surface area (Å²) in [5.74, 6) is 0. The zero-order chi connectivity index (χ0) is 12.5. The summed E-state index contributed by atoms with van der Waals surface area (Å²) in [5, 5.41) is 1.67. The number of nitrogens with one attached hydrogen (secondary N) is 1. The molecule has 3 rings (SSSR count). The van der Waals surface area contributed by atoms with Crippen LogP contribution in [-0.4, -0.2) is 15.0 Å². The topological polar surface area (TPSA) is 67.6 Å². The number of nitrogen functional groups attached to an aromatic ring is 1. The fourth-order valence-electron chi connectivity index (χ4n) is 1.73. The number of hydrogen-bond acceptors (Lipinski definition) is 4. The van der Waals surface area contributed by atoms with Gasteiger partial charge in [0.25, 0.3) is 0 Å². The summed E-state index contributed by atoms with van der Waals surface area (Å²) in [7, 11) is 0. The Bertz CT molecular complexity index is 705. The van der Waals surface area contributed by atoms with Gasteiger partial charge in [-0.2, -0.15) is 0 Å². The van der Waals surface area contributed by atoms with Crippen LogP contribution >= 0.6 is 11.8 Å².